The summed E-state index contributed by atoms with van der Waals surface area (Å²) < 4.78 is 0. The van der Waals surface area contributed by atoms with Gasteiger partial charge in [0.2, 0.25) is 0 Å². The summed E-state index contributed by atoms with van der Waals surface area (Å²) in [5.41, 5.74) is 0. The fraction of sp³-hybridized carbons (Fsp3) is 1.00. The van der Waals surface area contributed by atoms with Gasteiger partial charge >= 0.3 is 0 Å². The first-order chi connectivity index (χ1) is 3.93. The SMILES string of the molecule is C[N][C@H]1CCCNC1. The molecule has 0 aliphatic carbocycles. The van der Waals surface area contributed by atoms with Crippen LogP contribution in [-0.4, -0.2) is 26.2 Å². The highest BCUT2D eigenvalue weighted by atomic mass is 15.0. The second kappa shape index (κ2) is 3.05. The number of likely N-dealkylation sites (N-methyl/N-ethyl adjacent to an activating group) is 1. The molecule has 1 saturated heterocycles. The highest BCUT2D eigenvalue weighted by Crippen LogP contribution is 2.00. The summed E-state index contributed by atoms with van der Waals surface area (Å²) in [6.45, 7) is 2.28. The Kier molecular flexibility index (Phi) is 2.30. The molecule has 0 saturated carbocycles. The van der Waals surface area contributed by atoms with Crippen LogP contribution < -0.4 is 10.6 Å². The van der Waals surface area contributed by atoms with Gasteiger partial charge in [0.25, 0.3) is 0 Å². The van der Waals surface area contributed by atoms with E-state index in [4.69, 9.17) is 0 Å². The molecule has 0 aromatic carbocycles. The quantitative estimate of drug-likeness (QED) is 0.508. The highest BCUT2D eigenvalue weighted by molar-refractivity contribution is 4.72. The third-order valence-corrected chi connectivity index (χ3v) is 1.64. The Labute approximate surface area is 50.7 Å². The lowest BCUT2D eigenvalue weighted by molar-refractivity contribution is 0.407. The van der Waals surface area contributed by atoms with Gasteiger partial charge in [-0.15, -0.1) is 0 Å². The Morgan fingerprint density at radius 3 is 2.88 bits per heavy atom. The van der Waals surface area contributed by atoms with Gasteiger partial charge in [0.05, 0.1) is 0 Å². The molecule has 8 heavy (non-hydrogen) atoms. The van der Waals surface area contributed by atoms with Gasteiger partial charge in [-0.05, 0) is 19.4 Å². The van der Waals surface area contributed by atoms with Gasteiger partial charge in [0, 0.05) is 19.6 Å². The van der Waals surface area contributed by atoms with Crippen LogP contribution >= 0.6 is 0 Å². The molecule has 1 atom stereocenters. The van der Waals surface area contributed by atoms with E-state index < -0.39 is 0 Å². The van der Waals surface area contributed by atoms with E-state index in [1.165, 1.54) is 19.4 Å². The van der Waals surface area contributed by atoms with E-state index in [-0.39, 0.29) is 0 Å². The summed E-state index contributed by atoms with van der Waals surface area (Å²) >= 11 is 0. The summed E-state index contributed by atoms with van der Waals surface area (Å²) in [5.74, 6) is 0. The number of nitrogens with one attached hydrogen (secondary N) is 1. The van der Waals surface area contributed by atoms with Crippen molar-refractivity contribution >= 4 is 0 Å². The predicted molar refractivity (Wildman–Crippen MR) is 33.9 cm³/mol. The Morgan fingerprint density at radius 1 is 1.62 bits per heavy atom. The molecular weight excluding hydrogens is 100 g/mol. The van der Waals surface area contributed by atoms with Crippen LogP contribution in [0.1, 0.15) is 12.8 Å². The first-order valence-corrected chi connectivity index (χ1v) is 3.23. The van der Waals surface area contributed by atoms with E-state index in [0.29, 0.717) is 6.04 Å². The Morgan fingerprint density at radius 2 is 2.50 bits per heavy atom. The number of hydrogen-bond donors (Lipinski definition) is 1. The molecule has 0 aromatic rings. The van der Waals surface area contributed by atoms with Crippen molar-refractivity contribution in [2.45, 2.75) is 18.9 Å². The smallest absolute Gasteiger partial charge is 0.0368 e. The molecular formula is C6H13N2. The predicted octanol–water partition coefficient (Wildman–Crippen LogP) is -0.0274. The van der Waals surface area contributed by atoms with Crippen LogP contribution in [-0.2, 0) is 0 Å². The molecule has 1 rings (SSSR count). The van der Waals surface area contributed by atoms with Crippen LogP contribution in [0.4, 0.5) is 0 Å². The Bertz CT molecular complexity index is 57.5. The van der Waals surface area contributed by atoms with Gasteiger partial charge in [-0.25, -0.2) is 5.32 Å². The van der Waals surface area contributed by atoms with E-state index in [0.717, 1.165) is 6.54 Å². The normalized spacial score (nSPS) is 30.4. The monoisotopic (exact) mass is 113 g/mol. The molecule has 1 radical (unpaired) electrons. The molecule has 47 valence electrons. The van der Waals surface area contributed by atoms with Gasteiger partial charge in [0.1, 0.15) is 0 Å². The summed E-state index contributed by atoms with van der Waals surface area (Å²) in [6, 6.07) is 0.601. The molecule has 2 nitrogen and oxygen atoms in total. The fourth-order valence-corrected chi connectivity index (χ4v) is 1.05. The number of piperidine rings is 1. The van der Waals surface area contributed by atoms with E-state index in [9.17, 15) is 0 Å². The van der Waals surface area contributed by atoms with Crippen LogP contribution in [0, 0.1) is 0 Å². The van der Waals surface area contributed by atoms with Crippen LogP contribution in [0.15, 0.2) is 0 Å². The molecule has 1 aliphatic heterocycles. The molecule has 0 amide bonds. The van der Waals surface area contributed by atoms with Crippen LogP contribution in [0.25, 0.3) is 0 Å². The standard InChI is InChI=1S/C6H13N2/c1-7-6-3-2-4-8-5-6/h6,8H,2-5H2,1H3/t6-/m0/s1. The van der Waals surface area contributed by atoms with Crippen molar-refractivity contribution in [1.82, 2.24) is 10.6 Å². The van der Waals surface area contributed by atoms with Crippen LogP contribution in [0.3, 0.4) is 0 Å². The van der Waals surface area contributed by atoms with Crippen molar-refractivity contribution in [2.24, 2.45) is 0 Å². The molecule has 0 aromatic heterocycles. The molecule has 0 spiro atoms. The summed E-state index contributed by atoms with van der Waals surface area (Å²) in [7, 11) is 1.90. The molecule has 1 N–H and O–H groups in total. The second-order valence-corrected chi connectivity index (χ2v) is 2.26. The van der Waals surface area contributed by atoms with Gasteiger partial charge < -0.3 is 5.32 Å². The zero-order valence-corrected chi connectivity index (χ0v) is 5.35. The van der Waals surface area contributed by atoms with Gasteiger partial charge in [-0.3, -0.25) is 0 Å². The minimum absolute atomic E-state index is 0.601. The van der Waals surface area contributed by atoms with Crippen molar-refractivity contribution in [2.75, 3.05) is 20.1 Å². The van der Waals surface area contributed by atoms with Crippen molar-refractivity contribution < 1.29 is 0 Å². The maximum atomic E-state index is 4.19. The average Bonchev–Trinajstić information content (AvgIpc) is 1.90. The minimum Gasteiger partial charge on any atom is -0.315 e. The largest absolute Gasteiger partial charge is 0.315 e. The molecule has 0 bridgehead atoms. The van der Waals surface area contributed by atoms with E-state index in [2.05, 4.69) is 10.6 Å². The molecule has 1 fully saturated rings. The zero-order valence-electron chi connectivity index (χ0n) is 5.35. The van der Waals surface area contributed by atoms with E-state index >= 15 is 0 Å². The first kappa shape index (κ1) is 6.05. The number of nitrogens with zero attached hydrogens (tertiary/aromatic N) is 1. The van der Waals surface area contributed by atoms with Gasteiger partial charge in [-0.1, -0.05) is 0 Å². The highest BCUT2D eigenvalue weighted by Gasteiger charge is 2.09. The molecule has 2 heteroatoms. The lowest BCUT2D eigenvalue weighted by atomic mass is 10.1. The van der Waals surface area contributed by atoms with Gasteiger partial charge in [-0.2, -0.15) is 0 Å². The summed E-state index contributed by atoms with van der Waals surface area (Å²) in [5, 5.41) is 7.48. The van der Waals surface area contributed by atoms with Crippen molar-refractivity contribution in [3.8, 4) is 0 Å². The van der Waals surface area contributed by atoms with Crippen LogP contribution in [0.2, 0.25) is 0 Å². The number of rotatable bonds is 1. The fourth-order valence-electron chi connectivity index (χ4n) is 1.05. The Hall–Kier alpha value is -0.0800. The number of hydrogen-bond acceptors (Lipinski definition) is 1. The maximum absolute atomic E-state index is 4.19. The summed E-state index contributed by atoms with van der Waals surface area (Å²) in [6.07, 6.45) is 2.57. The summed E-state index contributed by atoms with van der Waals surface area (Å²) in [4.78, 5) is 0. The molecule has 0 unspecified atom stereocenters. The zero-order chi connectivity index (χ0) is 5.82. The average molecular weight is 113 g/mol. The Balaban J connectivity index is 2.13. The second-order valence-electron chi connectivity index (χ2n) is 2.26. The molecule has 1 heterocycles. The van der Waals surface area contributed by atoms with Crippen LogP contribution in [0.5, 0.6) is 0 Å². The first-order valence-electron chi connectivity index (χ1n) is 3.23. The van der Waals surface area contributed by atoms with E-state index in [1.54, 1.807) is 0 Å². The lowest BCUT2D eigenvalue weighted by Crippen LogP contribution is -2.38. The minimum atomic E-state index is 0.601. The van der Waals surface area contributed by atoms with Crippen molar-refractivity contribution in [3.05, 3.63) is 0 Å². The van der Waals surface area contributed by atoms with Gasteiger partial charge in [0.15, 0.2) is 0 Å². The third kappa shape index (κ3) is 1.46. The maximum Gasteiger partial charge on any atom is 0.0368 e. The van der Waals surface area contributed by atoms with E-state index in [1.807, 2.05) is 7.05 Å². The molecule has 1 aliphatic rings. The topological polar surface area (TPSA) is 26.1 Å². The van der Waals surface area contributed by atoms with Crippen molar-refractivity contribution in [3.63, 3.8) is 0 Å². The third-order valence-electron chi connectivity index (χ3n) is 1.64. The lowest BCUT2D eigenvalue weighted by Gasteiger charge is -2.20. The van der Waals surface area contributed by atoms with Crippen molar-refractivity contribution in [1.29, 1.82) is 0 Å².